The average molecular weight is 330 g/mol. The monoisotopic (exact) mass is 330 g/mol. The van der Waals surface area contributed by atoms with Gasteiger partial charge in [0.25, 0.3) is 0 Å². The van der Waals surface area contributed by atoms with Crippen LogP contribution in [-0.4, -0.2) is 26.2 Å². The summed E-state index contributed by atoms with van der Waals surface area (Å²) in [4.78, 5) is 18.6. The van der Waals surface area contributed by atoms with Crippen LogP contribution in [0.2, 0.25) is 0 Å². The van der Waals surface area contributed by atoms with E-state index in [1.54, 1.807) is 36.4 Å². The highest BCUT2D eigenvalue weighted by molar-refractivity contribution is 5.88. The Hall–Kier alpha value is -3.60. The molecule has 0 aliphatic carbocycles. The van der Waals surface area contributed by atoms with Gasteiger partial charge >= 0.3 is 5.97 Å². The number of nitrogens with zero attached hydrogens (tertiary/aromatic N) is 1. The molecule has 25 heavy (non-hydrogen) atoms. The van der Waals surface area contributed by atoms with Gasteiger partial charge in [0.15, 0.2) is 0 Å². The number of para-hydroxylation sites is 1. The molecule has 5 nitrogen and oxygen atoms in total. The molecule has 0 bridgehead atoms. The molecule has 0 spiro atoms. The SMILES string of the molecule is O=C(O)c1ccc(-c2ccc(-c3nc4c(O)cccc4[nH]3)cc2)cc1. The number of hydrogen-bond donors (Lipinski definition) is 3. The van der Waals surface area contributed by atoms with Crippen molar-refractivity contribution in [3.63, 3.8) is 0 Å². The number of carboxylic acid groups (broad SMARTS) is 1. The lowest BCUT2D eigenvalue weighted by Gasteiger charge is -2.04. The van der Waals surface area contributed by atoms with E-state index >= 15 is 0 Å². The molecule has 0 aliphatic rings. The summed E-state index contributed by atoms with van der Waals surface area (Å²) in [6, 6.07) is 19.8. The molecule has 3 aromatic carbocycles. The van der Waals surface area contributed by atoms with Crippen LogP contribution in [0.3, 0.4) is 0 Å². The number of aromatic hydroxyl groups is 1. The summed E-state index contributed by atoms with van der Waals surface area (Å²) in [5, 5.41) is 18.8. The van der Waals surface area contributed by atoms with Crippen LogP contribution < -0.4 is 0 Å². The first kappa shape index (κ1) is 15.0. The molecule has 0 atom stereocenters. The highest BCUT2D eigenvalue weighted by Gasteiger charge is 2.09. The number of hydrogen-bond acceptors (Lipinski definition) is 3. The minimum Gasteiger partial charge on any atom is -0.506 e. The number of aromatic nitrogens is 2. The Balaban J connectivity index is 1.67. The van der Waals surface area contributed by atoms with Gasteiger partial charge < -0.3 is 15.2 Å². The number of H-pyrrole nitrogens is 1. The van der Waals surface area contributed by atoms with Crippen LogP contribution >= 0.6 is 0 Å². The summed E-state index contributed by atoms with van der Waals surface area (Å²) < 4.78 is 0. The number of phenols is 1. The van der Waals surface area contributed by atoms with Crippen LogP contribution in [0.1, 0.15) is 10.4 Å². The lowest BCUT2D eigenvalue weighted by molar-refractivity contribution is 0.0697. The minimum atomic E-state index is -0.935. The Bertz CT molecular complexity index is 1060. The maximum Gasteiger partial charge on any atom is 0.335 e. The molecule has 0 unspecified atom stereocenters. The van der Waals surface area contributed by atoms with Crippen molar-refractivity contribution in [3.05, 3.63) is 72.3 Å². The number of phenolic OH excluding ortho intramolecular Hbond substituents is 1. The first-order valence-corrected chi connectivity index (χ1v) is 7.74. The molecule has 0 saturated heterocycles. The van der Waals surface area contributed by atoms with E-state index in [-0.39, 0.29) is 11.3 Å². The molecule has 3 N–H and O–H groups in total. The van der Waals surface area contributed by atoms with Gasteiger partial charge in [-0.15, -0.1) is 0 Å². The van der Waals surface area contributed by atoms with Crippen LogP contribution in [0.25, 0.3) is 33.5 Å². The van der Waals surface area contributed by atoms with Crippen molar-refractivity contribution in [1.82, 2.24) is 9.97 Å². The number of carbonyl (C=O) groups is 1. The summed E-state index contributed by atoms with van der Waals surface area (Å²) in [5.41, 5.74) is 4.43. The van der Waals surface area contributed by atoms with Crippen LogP contribution in [0.15, 0.2) is 66.7 Å². The molecule has 0 amide bonds. The zero-order valence-corrected chi connectivity index (χ0v) is 13.1. The summed E-state index contributed by atoms with van der Waals surface area (Å²) in [6.45, 7) is 0. The Morgan fingerprint density at radius 3 is 2.04 bits per heavy atom. The smallest absolute Gasteiger partial charge is 0.335 e. The lowest BCUT2D eigenvalue weighted by Crippen LogP contribution is -1.94. The molecule has 0 saturated carbocycles. The second-order valence-corrected chi connectivity index (χ2v) is 5.72. The van der Waals surface area contributed by atoms with E-state index < -0.39 is 5.97 Å². The van der Waals surface area contributed by atoms with Crippen LogP contribution in [0, 0.1) is 0 Å². The average Bonchev–Trinajstić information content (AvgIpc) is 3.08. The summed E-state index contributed by atoms with van der Waals surface area (Å²) in [5.74, 6) is -0.102. The highest BCUT2D eigenvalue weighted by atomic mass is 16.4. The Kier molecular flexibility index (Phi) is 3.47. The zero-order valence-electron chi connectivity index (χ0n) is 13.1. The van der Waals surface area contributed by atoms with Crippen molar-refractivity contribution < 1.29 is 15.0 Å². The molecule has 4 rings (SSSR count). The van der Waals surface area contributed by atoms with Crippen LogP contribution in [0.5, 0.6) is 5.75 Å². The second-order valence-electron chi connectivity index (χ2n) is 5.72. The first-order valence-electron chi connectivity index (χ1n) is 7.74. The maximum absolute atomic E-state index is 10.9. The summed E-state index contributed by atoms with van der Waals surface area (Å²) >= 11 is 0. The molecule has 1 aromatic heterocycles. The Labute approximate surface area is 143 Å². The quantitative estimate of drug-likeness (QED) is 0.523. The van der Waals surface area contributed by atoms with Crippen LogP contribution in [-0.2, 0) is 0 Å². The van der Waals surface area contributed by atoms with E-state index in [0.717, 1.165) is 22.2 Å². The summed E-state index contributed by atoms with van der Waals surface area (Å²) in [7, 11) is 0. The van der Waals surface area contributed by atoms with Crippen molar-refractivity contribution >= 4 is 17.0 Å². The largest absolute Gasteiger partial charge is 0.506 e. The summed E-state index contributed by atoms with van der Waals surface area (Å²) in [6.07, 6.45) is 0. The van der Waals surface area contributed by atoms with Gasteiger partial charge in [0.1, 0.15) is 17.1 Å². The number of benzene rings is 3. The minimum absolute atomic E-state index is 0.148. The topological polar surface area (TPSA) is 86.2 Å². The lowest BCUT2D eigenvalue weighted by atomic mass is 10.0. The molecule has 0 aliphatic heterocycles. The van der Waals surface area contributed by atoms with Gasteiger partial charge in [-0.2, -0.15) is 0 Å². The first-order chi connectivity index (χ1) is 12.1. The molecule has 0 radical (unpaired) electrons. The highest BCUT2D eigenvalue weighted by Crippen LogP contribution is 2.28. The van der Waals surface area contributed by atoms with E-state index in [2.05, 4.69) is 9.97 Å². The van der Waals surface area contributed by atoms with Gasteiger partial charge in [0.05, 0.1) is 11.1 Å². The zero-order chi connectivity index (χ0) is 17.4. The van der Waals surface area contributed by atoms with E-state index in [0.29, 0.717) is 11.3 Å². The number of imidazole rings is 1. The normalized spacial score (nSPS) is 10.9. The van der Waals surface area contributed by atoms with Gasteiger partial charge in [0.2, 0.25) is 0 Å². The van der Waals surface area contributed by atoms with Gasteiger partial charge in [-0.05, 0) is 35.4 Å². The molecule has 1 heterocycles. The van der Waals surface area contributed by atoms with Crippen molar-refractivity contribution in [2.75, 3.05) is 0 Å². The van der Waals surface area contributed by atoms with E-state index in [1.807, 2.05) is 30.3 Å². The number of rotatable bonds is 3. The fourth-order valence-corrected chi connectivity index (χ4v) is 2.78. The van der Waals surface area contributed by atoms with E-state index in [1.165, 1.54) is 0 Å². The van der Waals surface area contributed by atoms with E-state index in [9.17, 15) is 9.90 Å². The predicted octanol–water partition coefficient (Wildman–Crippen LogP) is 4.30. The van der Waals surface area contributed by atoms with Gasteiger partial charge in [-0.1, -0.05) is 42.5 Å². The van der Waals surface area contributed by atoms with Gasteiger partial charge in [-0.25, -0.2) is 9.78 Å². The molecule has 5 heteroatoms. The number of fused-ring (bicyclic) bond motifs is 1. The van der Waals surface area contributed by atoms with Crippen molar-refractivity contribution in [3.8, 4) is 28.3 Å². The second kappa shape index (κ2) is 5.79. The predicted molar refractivity (Wildman–Crippen MR) is 95.6 cm³/mol. The third-order valence-electron chi connectivity index (χ3n) is 4.11. The van der Waals surface area contributed by atoms with Crippen molar-refractivity contribution in [1.29, 1.82) is 0 Å². The van der Waals surface area contributed by atoms with Crippen LogP contribution in [0.4, 0.5) is 0 Å². The van der Waals surface area contributed by atoms with E-state index in [4.69, 9.17) is 5.11 Å². The number of aromatic carboxylic acids is 1. The third kappa shape index (κ3) is 2.72. The molecular weight excluding hydrogens is 316 g/mol. The van der Waals surface area contributed by atoms with Gasteiger partial charge in [0, 0.05) is 5.56 Å². The third-order valence-corrected chi connectivity index (χ3v) is 4.11. The number of carboxylic acids is 1. The van der Waals surface area contributed by atoms with Crippen molar-refractivity contribution in [2.24, 2.45) is 0 Å². The van der Waals surface area contributed by atoms with Gasteiger partial charge in [-0.3, -0.25) is 0 Å². The number of nitrogens with one attached hydrogen (secondary N) is 1. The maximum atomic E-state index is 10.9. The molecule has 122 valence electrons. The fraction of sp³-hybridized carbons (Fsp3) is 0. The standard InChI is InChI=1S/C20H14N2O3/c23-17-3-1-2-16-18(17)22-19(21-16)14-8-4-12(5-9-14)13-6-10-15(11-7-13)20(24)25/h1-11,23H,(H,21,22)(H,24,25). The molecular formula is C20H14N2O3. The van der Waals surface area contributed by atoms with Crippen molar-refractivity contribution in [2.45, 2.75) is 0 Å². The fourth-order valence-electron chi connectivity index (χ4n) is 2.78. The molecule has 4 aromatic rings. The Morgan fingerprint density at radius 2 is 1.44 bits per heavy atom. The Morgan fingerprint density at radius 1 is 0.840 bits per heavy atom. The molecule has 0 fully saturated rings. The number of aromatic amines is 1.